The van der Waals surface area contributed by atoms with E-state index in [1.54, 1.807) is 62.9 Å². The van der Waals surface area contributed by atoms with Crippen LogP contribution < -0.4 is 10.6 Å². The first-order chi connectivity index (χ1) is 18.4. The number of carbonyl (C=O) groups excluding carboxylic acids is 3. The molecule has 0 saturated heterocycles. The molecule has 0 fully saturated rings. The Morgan fingerprint density at radius 1 is 1.13 bits per heavy atom. The quantitative estimate of drug-likeness (QED) is 0.280. The molecule has 0 aliphatic carbocycles. The van der Waals surface area contributed by atoms with Crippen molar-refractivity contribution < 1.29 is 19.1 Å². The minimum atomic E-state index is -1.02. The first-order valence-electron chi connectivity index (χ1n) is 12.7. The Bertz CT molecular complexity index is 1190. The maximum absolute atomic E-state index is 14.1. The third-order valence-corrected chi connectivity index (χ3v) is 6.53. The summed E-state index contributed by atoms with van der Waals surface area (Å²) in [6, 6.07) is 10.8. The van der Waals surface area contributed by atoms with E-state index in [9.17, 15) is 14.4 Å². The molecule has 2 aromatic carbocycles. The summed E-state index contributed by atoms with van der Waals surface area (Å²) in [5.41, 5.74) is 2.98. The van der Waals surface area contributed by atoms with Crippen LogP contribution >= 0.6 is 11.8 Å². The number of thioether (sulfide) groups is 1. The van der Waals surface area contributed by atoms with E-state index in [2.05, 4.69) is 23.1 Å². The maximum atomic E-state index is 14.1. The van der Waals surface area contributed by atoms with Gasteiger partial charge in [-0.05, 0) is 81.9 Å². The molecule has 0 heterocycles. The number of ether oxygens (including phenoxy) is 1. The van der Waals surface area contributed by atoms with Crippen LogP contribution in [0.25, 0.3) is 0 Å². The Morgan fingerprint density at radius 2 is 1.74 bits per heavy atom. The normalized spacial score (nSPS) is 12.4. The highest BCUT2D eigenvalue weighted by molar-refractivity contribution is 7.98. The number of hydrogen-bond acceptors (Lipinski definition) is 5. The molecular weight excluding hydrogens is 510 g/mol. The predicted octanol–water partition coefficient (Wildman–Crippen LogP) is 5.63. The van der Waals surface area contributed by atoms with Crippen LogP contribution in [0.4, 0.5) is 10.5 Å². The van der Waals surface area contributed by atoms with Crippen LogP contribution in [-0.2, 0) is 14.3 Å². The van der Waals surface area contributed by atoms with Crippen molar-refractivity contribution in [2.24, 2.45) is 0 Å². The predicted molar refractivity (Wildman–Crippen MR) is 160 cm³/mol. The van der Waals surface area contributed by atoms with E-state index in [0.29, 0.717) is 29.0 Å². The van der Waals surface area contributed by atoms with Crippen LogP contribution in [-0.4, -0.2) is 53.0 Å². The Hall–Kier alpha value is -3.70. The molecule has 2 rings (SSSR count). The van der Waals surface area contributed by atoms with Crippen molar-refractivity contribution in [2.45, 2.75) is 58.7 Å². The van der Waals surface area contributed by atoms with Crippen LogP contribution in [0, 0.1) is 26.2 Å². The molecule has 7 nitrogen and oxygen atoms in total. The number of carbonyl (C=O) groups is 3. The fourth-order valence-electron chi connectivity index (χ4n) is 4.04. The van der Waals surface area contributed by atoms with Gasteiger partial charge in [0, 0.05) is 17.8 Å². The summed E-state index contributed by atoms with van der Waals surface area (Å²) in [7, 11) is 0. The van der Waals surface area contributed by atoms with Gasteiger partial charge in [0.2, 0.25) is 5.91 Å². The van der Waals surface area contributed by atoms with Gasteiger partial charge in [-0.3, -0.25) is 9.59 Å². The average Bonchev–Trinajstić information content (AvgIpc) is 2.87. The highest BCUT2D eigenvalue weighted by Crippen LogP contribution is 2.27. The number of alkyl carbamates (subject to hydrolysis) is 1. The molecular formula is C31H39N3O4S. The average molecular weight is 550 g/mol. The second kappa shape index (κ2) is 14.5. The van der Waals surface area contributed by atoms with E-state index in [1.807, 2.05) is 38.3 Å². The van der Waals surface area contributed by atoms with Crippen LogP contribution in [0.15, 0.2) is 55.1 Å². The van der Waals surface area contributed by atoms with Gasteiger partial charge >= 0.3 is 6.09 Å². The molecule has 3 amide bonds. The maximum Gasteiger partial charge on any atom is 0.408 e. The Kier molecular flexibility index (Phi) is 11.7. The lowest BCUT2D eigenvalue weighted by molar-refractivity contribution is -0.140. The van der Waals surface area contributed by atoms with Gasteiger partial charge in [-0.1, -0.05) is 42.3 Å². The topological polar surface area (TPSA) is 87.7 Å². The number of nitrogens with zero attached hydrogens (tertiary/aromatic N) is 1. The van der Waals surface area contributed by atoms with Crippen molar-refractivity contribution in [1.29, 1.82) is 0 Å². The fraction of sp³-hybridized carbons (Fsp3) is 0.387. The van der Waals surface area contributed by atoms with Crippen LogP contribution in [0.2, 0.25) is 0 Å². The minimum absolute atomic E-state index is 0.0757. The molecule has 2 unspecified atom stereocenters. The van der Waals surface area contributed by atoms with Crippen LogP contribution in [0.5, 0.6) is 0 Å². The Balaban J connectivity index is 2.55. The molecule has 39 heavy (non-hydrogen) atoms. The highest BCUT2D eigenvalue weighted by atomic mass is 32.2. The molecule has 0 saturated carbocycles. The van der Waals surface area contributed by atoms with E-state index in [-0.39, 0.29) is 6.54 Å². The van der Waals surface area contributed by atoms with Crippen molar-refractivity contribution in [1.82, 2.24) is 10.2 Å². The van der Waals surface area contributed by atoms with Gasteiger partial charge in [0.1, 0.15) is 17.7 Å². The lowest BCUT2D eigenvalue weighted by atomic mass is 10.00. The van der Waals surface area contributed by atoms with E-state index >= 15 is 0 Å². The molecule has 0 spiro atoms. The van der Waals surface area contributed by atoms with Crippen molar-refractivity contribution in [3.63, 3.8) is 0 Å². The summed E-state index contributed by atoms with van der Waals surface area (Å²) in [4.78, 5) is 42.1. The summed E-state index contributed by atoms with van der Waals surface area (Å²) < 4.78 is 5.42. The van der Waals surface area contributed by atoms with Gasteiger partial charge in [0.05, 0.1) is 0 Å². The number of aryl methyl sites for hydroxylation is 2. The van der Waals surface area contributed by atoms with E-state index in [0.717, 1.165) is 11.1 Å². The zero-order valence-corrected chi connectivity index (χ0v) is 24.5. The van der Waals surface area contributed by atoms with Gasteiger partial charge in [0.15, 0.2) is 0 Å². The second-order valence-electron chi connectivity index (χ2n) is 10.2. The summed E-state index contributed by atoms with van der Waals surface area (Å²) in [5, 5.41) is 5.75. The molecule has 2 N–H and O–H groups in total. The molecule has 208 valence electrons. The number of hydrogen-bond donors (Lipinski definition) is 2. The number of terminal acetylenes is 1. The van der Waals surface area contributed by atoms with Crippen molar-refractivity contribution in [3.8, 4) is 12.3 Å². The first kappa shape index (κ1) is 31.5. The summed E-state index contributed by atoms with van der Waals surface area (Å²) >= 11 is 1.55. The lowest BCUT2D eigenvalue weighted by Gasteiger charge is -2.34. The molecule has 0 radical (unpaired) electrons. The largest absolute Gasteiger partial charge is 0.444 e. The molecule has 2 aromatic rings. The number of rotatable bonds is 11. The van der Waals surface area contributed by atoms with Gasteiger partial charge in [-0.15, -0.1) is 13.0 Å². The van der Waals surface area contributed by atoms with Gasteiger partial charge < -0.3 is 20.3 Å². The third-order valence-electron chi connectivity index (χ3n) is 5.89. The van der Waals surface area contributed by atoms with E-state index in [4.69, 9.17) is 11.2 Å². The van der Waals surface area contributed by atoms with Crippen LogP contribution in [0.1, 0.15) is 55.5 Å². The number of anilines is 1. The van der Waals surface area contributed by atoms with Crippen LogP contribution in [0.3, 0.4) is 0 Å². The number of amides is 3. The van der Waals surface area contributed by atoms with Gasteiger partial charge in [-0.25, -0.2) is 4.79 Å². The third kappa shape index (κ3) is 9.22. The summed E-state index contributed by atoms with van der Waals surface area (Å²) in [6.45, 7) is 13.0. The standard InChI is InChI=1S/C31H39N3O4S/c1-9-19-34(29(36)25(18-20-39-8)32-30(37)38-31(5,6)7)27(24-16-14-23(10-2)15-17-24)28(35)33-26-21(3)12-11-13-22(26)4/h2,9,11-17,25,27H,1,18-20H2,3-8H3,(H,32,37)(H,33,35). The molecule has 0 aliphatic rings. The molecule has 0 bridgehead atoms. The van der Waals surface area contributed by atoms with Gasteiger partial charge in [0.25, 0.3) is 5.91 Å². The monoisotopic (exact) mass is 549 g/mol. The number of nitrogens with one attached hydrogen (secondary N) is 2. The molecule has 8 heteroatoms. The molecule has 0 aliphatic heterocycles. The fourth-order valence-corrected chi connectivity index (χ4v) is 4.51. The minimum Gasteiger partial charge on any atom is -0.444 e. The highest BCUT2D eigenvalue weighted by Gasteiger charge is 2.36. The van der Waals surface area contributed by atoms with E-state index in [1.165, 1.54) is 4.90 Å². The van der Waals surface area contributed by atoms with Crippen molar-refractivity contribution in [3.05, 3.63) is 77.4 Å². The lowest BCUT2D eigenvalue weighted by Crippen LogP contribution is -2.52. The second-order valence-corrected chi connectivity index (χ2v) is 11.2. The summed E-state index contributed by atoms with van der Waals surface area (Å²) in [5.74, 6) is 2.38. The summed E-state index contributed by atoms with van der Waals surface area (Å²) in [6.07, 6.45) is 8.68. The number of para-hydroxylation sites is 1. The van der Waals surface area contributed by atoms with Gasteiger partial charge in [-0.2, -0.15) is 11.8 Å². The molecule has 2 atom stereocenters. The van der Waals surface area contributed by atoms with Crippen molar-refractivity contribution >= 4 is 35.4 Å². The number of benzene rings is 2. The van der Waals surface area contributed by atoms with Crippen molar-refractivity contribution in [2.75, 3.05) is 23.9 Å². The molecule has 0 aromatic heterocycles. The Labute approximate surface area is 236 Å². The SMILES string of the molecule is C#Cc1ccc(C(C(=O)Nc2c(C)cccc2C)N(CC=C)C(=O)C(CCSC)NC(=O)OC(C)(C)C)cc1. The first-order valence-corrected chi connectivity index (χ1v) is 14.1. The zero-order valence-electron chi connectivity index (χ0n) is 23.7. The smallest absolute Gasteiger partial charge is 0.408 e. The van der Waals surface area contributed by atoms with E-state index < -0.39 is 35.6 Å². The Morgan fingerprint density at radius 3 is 2.26 bits per heavy atom. The zero-order chi connectivity index (χ0) is 29.2.